The third-order valence-electron chi connectivity index (χ3n) is 4.33. The molecule has 1 aliphatic rings. The van der Waals surface area contributed by atoms with Gasteiger partial charge in [0.25, 0.3) is 0 Å². The van der Waals surface area contributed by atoms with Crippen LogP contribution in [0.15, 0.2) is 0 Å². The second-order valence-electron chi connectivity index (χ2n) is 6.10. The molecule has 0 aromatic heterocycles. The Morgan fingerprint density at radius 2 is 1.92 bits per heavy atom. The number of carboxylic acids is 2. The van der Waals surface area contributed by atoms with Gasteiger partial charge in [-0.1, -0.05) is 20.3 Å². The molecule has 0 bridgehead atoms. The van der Waals surface area contributed by atoms with Gasteiger partial charge in [-0.3, -0.25) is 14.4 Å². The number of amides is 2. The number of carbonyl (C=O) groups is 4. The molecule has 4 atom stereocenters. The average molecular weight is 343 g/mol. The fraction of sp³-hybridized carbons (Fsp3) is 0.733. The number of carbonyl (C=O) groups excluding carboxylic acids is 2. The van der Waals surface area contributed by atoms with E-state index in [1.807, 2.05) is 6.92 Å². The van der Waals surface area contributed by atoms with Crippen molar-refractivity contribution < 1.29 is 29.4 Å². The predicted molar refractivity (Wildman–Crippen MR) is 84.0 cm³/mol. The number of carboxylic acid groups (broad SMARTS) is 2. The van der Waals surface area contributed by atoms with E-state index in [9.17, 15) is 24.3 Å². The lowest BCUT2D eigenvalue weighted by molar-refractivity contribution is -0.146. The molecule has 24 heavy (non-hydrogen) atoms. The van der Waals surface area contributed by atoms with Crippen molar-refractivity contribution in [3.63, 3.8) is 0 Å². The molecule has 0 aliphatic carbocycles. The van der Waals surface area contributed by atoms with Gasteiger partial charge in [-0.15, -0.1) is 0 Å². The molecular formula is C15H25N3O6. The molecule has 0 aromatic carbocycles. The van der Waals surface area contributed by atoms with Gasteiger partial charge in [-0.05, 0) is 18.8 Å². The highest BCUT2D eigenvalue weighted by molar-refractivity contribution is 5.93. The van der Waals surface area contributed by atoms with Crippen molar-refractivity contribution in [1.29, 1.82) is 0 Å². The first-order chi connectivity index (χ1) is 11.2. The lowest BCUT2D eigenvalue weighted by Gasteiger charge is -2.28. The molecule has 0 aromatic rings. The van der Waals surface area contributed by atoms with E-state index in [4.69, 9.17) is 10.8 Å². The fourth-order valence-corrected chi connectivity index (χ4v) is 2.72. The van der Waals surface area contributed by atoms with Crippen LogP contribution in [0, 0.1) is 5.92 Å². The van der Waals surface area contributed by atoms with Crippen molar-refractivity contribution in [1.82, 2.24) is 10.2 Å². The van der Waals surface area contributed by atoms with Gasteiger partial charge >= 0.3 is 11.9 Å². The Morgan fingerprint density at radius 1 is 1.29 bits per heavy atom. The van der Waals surface area contributed by atoms with Gasteiger partial charge in [-0.25, -0.2) is 4.79 Å². The van der Waals surface area contributed by atoms with Crippen LogP contribution in [0.25, 0.3) is 0 Å². The van der Waals surface area contributed by atoms with Crippen LogP contribution < -0.4 is 11.1 Å². The van der Waals surface area contributed by atoms with Gasteiger partial charge in [0.2, 0.25) is 11.8 Å². The van der Waals surface area contributed by atoms with Crippen LogP contribution in [0.1, 0.15) is 39.5 Å². The van der Waals surface area contributed by atoms with E-state index in [0.29, 0.717) is 25.8 Å². The maximum absolute atomic E-state index is 12.4. The molecule has 0 radical (unpaired) electrons. The first-order valence-electron chi connectivity index (χ1n) is 8.00. The van der Waals surface area contributed by atoms with Gasteiger partial charge in [-0.2, -0.15) is 0 Å². The standard InChI is InChI=1S/C15H25N3O6/c1-3-8(2)12(15(23)24)17-13(21)10-5-4-6-18(10)14(22)9(16)7-11(19)20/h8-10,12H,3-7,16H2,1-2H3,(H,17,21)(H,19,20)(H,23,24). The number of aliphatic carboxylic acids is 2. The minimum absolute atomic E-state index is 0.258. The lowest BCUT2D eigenvalue weighted by atomic mass is 9.98. The zero-order valence-corrected chi connectivity index (χ0v) is 13.9. The van der Waals surface area contributed by atoms with Crippen LogP contribution in [-0.2, 0) is 19.2 Å². The first kappa shape index (κ1) is 19.9. The summed E-state index contributed by atoms with van der Waals surface area (Å²) in [5.74, 6) is -3.73. The third kappa shape index (κ3) is 4.92. The molecule has 2 amide bonds. The van der Waals surface area contributed by atoms with Crippen molar-refractivity contribution in [2.45, 2.75) is 57.7 Å². The fourth-order valence-electron chi connectivity index (χ4n) is 2.72. The molecule has 9 nitrogen and oxygen atoms in total. The van der Waals surface area contributed by atoms with E-state index < -0.39 is 48.3 Å². The molecule has 1 rings (SSSR count). The molecule has 1 saturated heterocycles. The topological polar surface area (TPSA) is 150 Å². The summed E-state index contributed by atoms with van der Waals surface area (Å²) in [6.07, 6.45) is 1.03. The van der Waals surface area contributed by atoms with Crippen molar-refractivity contribution in [2.75, 3.05) is 6.54 Å². The highest BCUT2D eigenvalue weighted by Crippen LogP contribution is 2.20. The summed E-state index contributed by atoms with van der Waals surface area (Å²) in [5, 5.41) is 20.5. The Morgan fingerprint density at radius 3 is 2.42 bits per heavy atom. The molecule has 1 heterocycles. The van der Waals surface area contributed by atoms with E-state index in [-0.39, 0.29) is 5.92 Å². The van der Waals surface area contributed by atoms with Crippen LogP contribution in [0.3, 0.4) is 0 Å². The third-order valence-corrected chi connectivity index (χ3v) is 4.33. The van der Waals surface area contributed by atoms with Crippen molar-refractivity contribution in [3.05, 3.63) is 0 Å². The van der Waals surface area contributed by atoms with Crippen molar-refractivity contribution >= 4 is 23.8 Å². The Balaban J connectivity index is 2.79. The quantitative estimate of drug-likeness (QED) is 0.459. The predicted octanol–water partition coefficient (Wildman–Crippen LogP) is -0.605. The molecule has 4 unspecified atom stereocenters. The minimum Gasteiger partial charge on any atom is -0.481 e. The number of nitrogens with zero attached hydrogens (tertiary/aromatic N) is 1. The molecule has 9 heteroatoms. The van der Waals surface area contributed by atoms with Crippen LogP contribution in [0.4, 0.5) is 0 Å². The second-order valence-corrected chi connectivity index (χ2v) is 6.10. The Kier molecular flexibility index (Phi) is 7.15. The maximum atomic E-state index is 12.4. The van der Waals surface area contributed by atoms with Gasteiger partial charge in [0.05, 0.1) is 12.5 Å². The lowest BCUT2D eigenvalue weighted by Crippen LogP contribution is -2.55. The van der Waals surface area contributed by atoms with Crippen molar-refractivity contribution in [3.8, 4) is 0 Å². The zero-order valence-electron chi connectivity index (χ0n) is 13.9. The number of likely N-dealkylation sites (tertiary alicyclic amines) is 1. The van der Waals surface area contributed by atoms with Crippen LogP contribution in [0.5, 0.6) is 0 Å². The maximum Gasteiger partial charge on any atom is 0.326 e. The number of hydrogen-bond acceptors (Lipinski definition) is 5. The normalized spacial score (nSPS) is 21.0. The van der Waals surface area contributed by atoms with E-state index in [0.717, 1.165) is 0 Å². The van der Waals surface area contributed by atoms with Crippen LogP contribution in [-0.4, -0.2) is 63.5 Å². The van der Waals surface area contributed by atoms with Crippen LogP contribution in [0.2, 0.25) is 0 Å². The van der Waals surface area contributed by atoms with Crippen LogP contribution >= 0.6 is 0 Å². The summed E-state index contributed by atoms with van der Waals surface area (Å²) >= 11 is 0. The number of nitrogens with two attached hydrogens (primary N) is 1. The summed E-state index contributed by atoms with van der Waals surface area (Å²) in [6, 6.07) is -3.07. The van der Waals surface area contributed by atoms with Crippen molar-refractivity contribution in [2.24, 2.45) is 11.7 Å². The van der Waals surface area contributed by atoms with E-state index >= 15 is 0 Å². The highest BCUT2D eigenvalue weighted by atomic mass is 16.4. The average Bonchev–Trinajstić information content (AvgIpc) is 2.99. The molecule has 5 N–H and O–H groups in total. The number of nitrogens with one attached hydrogen (secondary N) is 1. The monoisotopic (exact) mass is 343 g/mol. The van der Waals surface area contributed by atoms with E-state index in [2.05, 4.69) is 5.32 Å². The summed E-state index contributed by atoms with van der Waals surface area (Å²) in [5.41, 5.74) is 5.58. The molecule has 0 saturated carbocycles. The number of rotatable bonds is 8. The molecular weight excluding hydrogens is 318 g/mol. The van der Waals surface area contributed by atoms with Gasteiger partial charge < -0.3 is 26.2 Å². The zero-order chi connectivity index (χ0) is 18.4. The van der Waals surface area contributed by atoms with Gasteiger partial charge in [0.1, 0.15) is 12.1 Å². The Hall–Kier alpha value is -2.16. The summed E-state index contributed by atoms with van der Waals surface area (Å²) in [7, 11) is 0. The van der Waals surface area contributed by atoms with E-state index in [1.54, 1.807) is 6.92 Å². The van der Waals surface area contributed by atoms with Gasteiger partial charge in [0, 0.05) is 6.54 Å². The number of hydrogen-bond donors (Lipinski definition) is 4. The van der Waals surface area contributed by atoms with E-state index in [1.165, 1.54) is 4.90 Å². The minimum atomic E-state index is -1.22. The summed E-state index contributed by atoms with van der Waals surface area (Å²) < 4.78 is 0. The Labute approximate surface area is 140 Å². The first-order valence-corrected chi connectivity index (χ1v) is 8.00. The molecule has 1 fully saturated rings. The molecule has 136 valence electrons. The molecule has 1 aliphatic heterocycles. The molecule has 0 spiro atoms. The van der Waals surface area contributed by atoms with Gasteiger partial charge in [0.15, 0.2) is 0 Å². The SMILES string of the molecule is CCC(C)C(NC(=O)C1CCCN1C(=O)C(N)CC(=O)O)C(=O)O. The summed E-state index contributed by atoms with van der Waals surface area (Å²) in [6.45, 7) is 3.84. The summed E-state index contributed by atoms with van der Waals surface area (Å²) in [4.78, 5) is 47.9. The smallest absolute Gasteiger partial charge is 0.326 e. The highest BCUT2D eigenvalue weighted by Gasteiger charge is 2.38. The largest absolute Gasteiger partial charge is 0.481 e. The Bertz CT molecular complexity index is 509. The second kappa shape index (κ2) is 8.62.